The van der Waals surface area contributed by atoms with Gasteiger partial charge in [-0.15, -0.1) is 11.3 Å². The second-order valence-corrected chi connectivity index (χ2v) is 7.55. The number of rotatable bonds is 2. The minimum Gasteiger partial charge on any atom is -0.461 e. The number of hydrogen-bond donors (Lipinski definition) is 0. The summed E-state index contributed by atoms with van der Waals surface area (Å²) < 4.78 is 5.42. The van der Waals surface area contributed by atoms with Crippen molar-refractivity contribution in [3.63, 3.8) is 0 Å². The van der Waals surface area contributed by atoms with Crippen molar-refractivity contribution in [2.45, 2.75) is 39.5 Å². The van der Waals surface area contributed by atoms with Crippen molar-refractivity contribution in [2.75, 3.05) is 13.1 Å². The lowest BCUT2D eigenvalue weighted by atomic mass is 10.1. The van der Waals surface area contributed by atoms with Crippen LogP contribution in [0.25, 0.3) is 21.8 Å². The van der Waals surface area contributed by atoms with E-state index in [9.17, 15) is 4.79 Å². The number of thiophene rings is 1. The van der Waals surface area contributed by atoms with Crippen LogP contribution in [0.4, 0.5) is 0 Å². The summed E-state index contributed by atoms with van der Waals surface area (Å²) in [6.07, 6.45) is 6.24. The molecule has 4 heterocycles. The molecule has 1 aliphatic heterocycles. The first-order chi connectivity index (χ1) is 12.1. The molecule has 6 heteroatoms. The highest BCUT2D eigenvalue weighted by atomic mass is 32.1. The van der Waals surface area contributed by atoms with E-state index < -0.39 is 0 Å². The maximum absolute atomic E-state index is 13.0. The summed E-state index contributed by atoms with van der Waals surface area (Å²) in [4.78, 5) is 25.9. The first-order valence-corrected chi connectivity index (χ1v) is 9.57. The molecule has 4 rings (SSSR count). The van der Waals surface area contributed by atoms with Crippen LogP contribution in [0.1, 0.15) is 46.6 Å². The second-order valence-electron chi connectivity index (χ2n) is 6.55. The summed E-state index contributed by atoms with van der Waals surface area (Å²) in [5.41, 5.74) is 1.89. The van der Waals surface area contributed by atoms with Crippen LogP contribution in [-0.2, 0) is 0 Å². The monoisotopic (exact) mass is 355 g/mol. The number of likely N-dealkylation sites (tertiary alicyclic amines) is 1. The van der Waals surface area contributed by atoms with Gasteiger partial charge in [0.2, 0.25) is 0 Å². The Bertz CT molecular complexity index is 907. The molecule has 25 heavy (non-hydrogen) atoms. The Morgan fingerprint density at radius 1 is 1.16 bits per heavy atom. The Morgan fingerprint density at radius 3 is 2.60 bits per heavy atom. The molecular formula is C19H21N3O2S. The second kappa shape index (κ2) is 6.59. The van der Waals surface area contributed by atoms with E-state index in [4.69, 9.17) is 4.42 Å². The molecule has 3 aromatic rings. The first-order valence-electron chi connectivity index (χ1n) is 8.76. The fraction of sp³-hybridized carbons (Fsp3) is 0.421. The van der Waals surface area contributed by atoms with E-state index in [2.05, 4.69) is 9.97 Å². The number of aryl methyl sites for hydroxylation is 2. The van der Waals surface area contributed by atoms with Crippen molar-refractivity contribution >= 4 is 27.5 Å². The highest BCUT2D eigenvalue weighted by Gasteiger charge is 2.24. The molecule has 5 nitrogen and oxygen atoms in total. The largest absolute Gasteiger partial charge is 0.461 e. The molecule has 1 aliphatic rings. The van der Waals surface area contributed by atoms with Crippen LogP contribution in [0.3, 0.4) is 0 Å². The van der Waals surface area contributed by atoms with E-state index in [1.54, 1.807) is 6.26 Å². The number of carbonyl (C=O) groups excluding carboxylic acids is 1. The summed E-state index contributed by atoms with van der Waals surface area (Å²) in [6, 6.07) is 3.68. The Labute approximate surface area is 150 Å². The van der Waals surface area contributed by atoms with Crippen LogP contribution < -0.4 is 0 Å². The number of amides is 1. The van der Waals surface area contributed by atoms with Crippen LogP contribution in [0, 0.1) is 13.8 Å². The van der Waals surface area contributed by atoms with Gasteiger partial charge in [0.15, 0.2) is 11.6 Å². The molecule has 0 N–H and O–H groups in total. The fourth-order valence-electron chi connectivity index (χ4n) is 3.48. The van der Waals surface area contributed by atoms with Gasteiger partial charge < -0.3 is 9.32 Å². The maximum Gasteiger partial charge on any atom is 0.264 e. The maximum atomic E-state index is 13.0. The predicted molar refractivity (Wildman–Crippen MR) is 99.0 cm³/mol. The van der Waals surface area contributed by atoms with Crippen LogP contribution >= 0.6 is 11.3 Å². The van der Waals surface area contributed by atoms with E-state index >= 15 is 0 Å². The van der Waals surface area contributed by atoms with Crippen LogP contribution in [-0.4, -0.2) is 33.9 Å². The van der Waals surface area contributed by atoms with Crippen molar-refractivity contribution in [1.29, 1.82) is 0 Å². The smallest absolute Gasteiger partial charge is 0.264 e. The third-order valence-corrected chi connectivity index (χ3v) is 5.97. The van der Waals surface area contributed by atoms with Gasteiger partial charge in [0.1, 0.15) is 4.83 Å². The van der Waals surface area contributed by atoms with E-state index in [1.165, 1.54) is 24.2 Å². The van der Waals surface area contributed by atoms with E-state index in [1.807, 2.05) is 30.9 Å². The van der Waals surface area contributed by atoms with Crippen LogP contribution in [0.15, 0.2) is 22.8 Å². The summed E-state index contributed by atoms with van der Waals surface area (Å²) >= 11 is 1.47. The van der Waals surface area contributed by atoms with Crippen molar-refractivity contribution in [3.05, 3.63) is 34.5 Å². The van der Waals surface area contributed by atoms with Gasteiger partial charge in [-0.3, -0.25) is 4.79 Å². The number of carbonyl (C=O) groups is 1. The van der Waals surface area contributed by atoms with Gasteiger partial charge in [-0.05, 0) is 44.4 Å². The van der Waals surface area contributed by atoms with Gasteiger partial charge in [0.25, 0.3) is 5.91 Å². The van der Waals surface area contributed by atoms with Gasteiger partial charge in [-0.25, -0.2) is 9.97 Å². The Balaban J connectivity index is 1.76. The quantitative estimate of drug-likeness (QED) is 0.675. The highest BCUT2D eigenvalue weighted by molar-refractivity contribution is 7.20. The number of furan rings is 1. The molecule has 0 unspecified atom stereocenters. The Kier molecular flexibility index (Phi) is 4.29. The molecule has 0 bridgehead atoms. The number of nitrogens with zero attached hydrogens (tertiary/aromatic N) is 3. The normalized spacial score (nSPS) is 15.5. The summed E-state index contributed by atoms with van der Waals surface area (Å²) in [5.74, 6) is 1.36. The van der Waals surface area contributed by atoms with Gasteiger partial charge in [0, 0.05) is 18.5 Å². The van der Waals surface area contributed by atoms with E-state index in [0.29, 0.717) is 11.6 Å². The number of fused-ring (bicyclic) bond motifs is 1. The number of aromatic nitrogens is 2. The van der Waals surface area contributed by atoms with Crippen molar-refractivity contribution < 1.29 is 9.21 Å². The molecular weight excluding hydrogens is 334 g/mol. The SMILES string of the molecule is Cc1nc(-c2ccco2)nc2sc(C(=O)N3CCCCCC3)c(C)c12. The van der Waals surface area contributed by atoms with Gasteiger partial charge in [-0.1, -0.05) is 12.8 Å². The van der Waals surface area contributed by atoms with Crippen LogP contribution in [0.2, 0.25) is 0 Å². The molecule has 0 atom stereocenters. The van der Waals surface area contributed by atoms with E-state index in [-0.39, 0.29) is 5.91 Å². The van der Waals surface area contributed by atoms with Crippen molar-refractivity contribution in [1.82, 2.24) is 14.9 Å². The summed E-state index contributed by atoms with van der Waals surface area (Å²) in [5, 5.41) is 0.999. The highest BCUT2D eigenvalue weighted by Crippen LogP contribution is 2.34. The summed E-state index contributed by atoms with van der Waals surface area (Å²) in [6.45, 7) is 5.69. The molecule has 0 radical (unpaired) electrons. The fourth-order valence-corrected chi connectivity index (χ4v) is 4.68. The molecule has 0 aromatic carbocycles. The zero-order valence-electron chi connectivity index (χ0n) is 14.5. The molecule has 0 aliphatic carbocycles. The van der Waals surface area contributed by atoms with E-state index in [0.717, 1.165) is 52.3 Å². The standard InChI is InChI=1S/C19H21N3O2S/c1-12-15-13(2)20-17(14-8-7-11-24-14)21-18(15)25-16(12)19(23)22-9-5-3-4-6-10-22/h7-8,11H,3-6,9-10H2,1-2H3. The Hall–Kier alpha value is -2.21. The average Bonchev–Trinajstić information content (AvgIpc) is 3.15. The zero-order chi connectivity index (χ0) is 17.4. The molecule has 1 saturated heterocycles. The first kappa shape index (κ1) is 16.3. The van der Waals surface area contributed by atoms with Crippen molar-refractivity contribution in [2.24, 2.45) is 0 Å². The molecule has 1 amide bonds. The lowest BCUT2D eigenvalue weighted by Gasteiger charge is -2.19. The minimum atomic E-state index is 0.140. The molecule has 0 spiro atoms. The molecule has 1 fully saturated rings. The molecule has 0 saturated carbocycles. The lowest BCUT2D eigenvalue weighted by Crippen LogP contribution is -2.31. The minimum absolute atomic E-state index is 0.140. The Morgan fingerprint density at radius 2 is 1.92 bits per heavy atom. The molecule has 130 valence electrons. The van der Waals surface area contributed by atoms with Gasteiger partial charge in [-0.2, -0.15) is 0 Å². The predicted octanol–water partition coefficient (Wildman–Crippen LogP) is 4.58. The van der Waals surface area contributed by atoms with Crippen molar-refractivity contribution in [3.8, 4) is 11.6 Å². The van der Waals surface area contributed by atoms with Crippen LogP contribution in [0.5, 0.6) is 0 Å². The topological polar surface area (TPSA) is 59.2 Å². The number of hydrogen-bond acceptors (Lipinski definition) is 5. The average molecular weight is 355 g/mol. The molecule has 3 aromatic heterocycles. The third-order valence-electron chi connectivity index (χ3n) is 4.80. The van der Waals surface area contributed by atoms with Gasteiger partial charge in [0.05, 0.1) is 16.8 Å². The third kappa shape index (κ3) is 2.95. The summed E-state index contributed by atoms with van der Waals surface area (Å²) in [7, 11) is 0. The van der Waals surface area contributed by atoms with Gasteiger partial charge >= 0.3 is 0 Å². The zero-order valence-corrected chi connectivity index (χ0v) is 15.4. The lowest BCUT2D eigenvalue weighted by molar-refractivity contribution is 0.0766.